The predicted octanol–water partition coefficient (Wildman–Crippen LogP) is 2.75. The zero-order chi connectivity index (χ0) is 17.6. The Labute approximate surface area is 148 Å². The van der Waals surface area contributed by atoms with Gasteiger partial charge < -0.3 is 10.5 Å². The molecule has 1 aromatic carbocycles. The molecule has 1 aromatic heterocycles. The SMILES string of the molecule is CC1CCN(Cc2cncc(OCc3ccccc3)c2)C(C(N)=O)C1. The van der Waals surface area contributed by atoms with Gasteiger partial charge in [0.25, 0.3) is 0 Å². The molecule has 1 fully saturated rings. The summed E-state index contributed by atoms with van der Waals surface area (Å²) in [5, 5.41) is 0. The average molecular weight is 339 g/mol. The molecule has 0 aliphatic carbocycles. The van der Waals surface area contributed by atoms with Gasteiger partial charge in [-0.25, -0.2) is 0 Å². The molecule has 2 heterocycles. The molecule has 2 aromatic rings. The first-order valence-electron chi connectivity index (χ1n) is 8.76. The average Bonchev–Trinajstić information content (AvgIpc) is 2.62. The van der Waals surface area contributed by atoms with Gasteiger partial charge in [-0.15, -0.1) is 0 Å². The van der Waals surface area contributed by atoms with E-state index in [1.165, 1.54) is 0 Å². The van der Waals surface area contributed by atoms with Gasteiger partial charge in [0.1, 0.15) is 12.4 Å². The van der Waals surface area contributed by atoms with Gasteiger partial charge in [0.15, 0.2) is 0 Å². The van der Waals surface area contributed by atoms with E-state index in [2.05, 4.69) is 16.8 Å². The standard InChI is InChI=1S/C20H25N3O2/c1-15-7-8-23(19(9-15)20(21)24)13-17-10-18(12-22-11-17)25-14-16-5-3-2-4-6-16/h2-6,10-12,15,19H,7-9,13-14H2,1H3,(H2,21,24). The van der Waals surface area contributed by atoms with Gasteiger partial charge in [-0.2, -0.15) is 0 Å². The molecule has 0 bridgehead atoms. The number of hydrogen-bond donors (Lipinski definition) is 1. The molecule has 1 amide bonds. The molecule has 0 spiro atoms. The van der Waals surface area contributed by atoms with Gasteiger partial charge in [-0.05, 0) is 42.5 Å². The normalized spacial score (nSPS) is 21.0. The number of rotatable bonds is 6. The fraction of sp³-hybridized carbons (Fsp3) is 0.400. The molecule has 3 rings (SSSR count). The Bertz CT molecular complexity index is 705. The van der Waals surface area contributed by atoms with Crippen molar-refractivity contribution in [3.63, 3.8) is 0 Å². The lowest BCUT2D eigenvalue weighted by Gasteiger charge is -2.36. The maximum atomic E-state index is 11.8. The van der Waals surface area contributed by atoms with Crippen molar-refractivity contribution in [1.82, 2.24) is 9.88 Å². The number of aromatic nitrogens is 1. The van der Waals surface area contributed by atoms with Crippen LogP contribution in [0.1, 0.15) is 30.9 Å². The molecule has 2 atom stereocenters. The molecule has 0 saturated carbocycles. The smallest absolute Gasteiger partial charge is 0.234 e. The van der Waals surface area contributed by atoms with Gasteiger partial charge in [-0.1, -0.05) is 37.3 Å². The number of benzene rings is 1. The Hall–Kier alpha value is -2.40. The van der Waals surface area contributed by atoms with Gasteiger partial charge in [-0.3, -0.25) is 14.7 Å². The number of carbonyl (C=O) groups excluding carboxylic acids is 1. The van der Waals surface area contributed by atoms with Crippen LogP contribution < -0.4 is 10.5 Å². The Morgan fingerprint density at radius 3 is 2.84 bits per heavy atom. The largest absolute Gasteiger partial charge is 0.487 e. The minimum atomic E-state index is -0.240. The summed E-state index contributed by atoms with van der Waals surface area (Å²) < 4.78 is 5.84. The van der Waals surface area contributed by atoms with Crippen molar-refractivity contribution in [2.75, 3.05) is 6.54 Å². The Morgan fingerprint density at radius 1 is 1.28 bits per heavy atom. The molecule has 2 N–H and O–H groups in total. The number of piperidine rings is 1. The molecular formula is C20H25N3O2. The van der Waals surface area contributed by atoms with Crippen molar-refractivity contribution < 1.29 is 9.53 Å². The van der Waals surface area contributed by atoms with Gasteiger partial charge in [0.2, 0.25) is 5.91 Å². The van der Waals surface area contributed by atoms with Gasteiger partial charge >= 0.3 is 0 Å². The van der Waals surface area contributed by atoms with E-state index in [0.29, 0.717) is 19.1 Å². The Morgan fingerprint density at radius 2 is 2.08 bits per heavy atom. The van der Waals surface area contributed by atoms with E-state index in [1.807, 2.05) is 42.6 Å². The van der Waals surface area contributed by atoms with Crippen LogP contribution in [0, 0.1) is 5.92 Å². The van der Waals surface area contributed by atoms with E-state index >= 15 is 0 Å². The molecule has 1 aliphatic heterocycles. The van der Waals surface area contributed by atoms with E-state index < -0.39 is 0 Å². The quantitative estimate of drug-likeness (QED) is 0.879. The van der Waals surface area contributed by atoms with Gasteiger partial charge in [0.05, 0.1) is 12.2 Å². The number of hydrogen-bond acceptors (Lipinski definition) is 4. The highest BCUT2D eigenvalue weighted by atomic mass is 16.5. The maximum absolute atomic E-state index is 11.8. The third-order valence-corrected chi connectivity index (χ3v) is 4.71. The molecule has 5 nitrogen and oxygen atoms in total. The van der Waals surface area contributed by atoms with Crippen LogP contribution in [0.2, 0.25) is 0 Å². The predicted molar refractivity (Wildman–Crippen MR) is 96.8 cm³/mol. The number of pyridine rings is 1. The maximum Gasteiger partial charge on any atom is 0.234 e. The van der Waals surface area contributed by atoms with Crippen LogP contribution in [0.4, 0.5) is 0 Å². The van der Waals surface area contributed by atoms with Crippen molar-refractivity contribution in [1.29, 1.82) is 0 Å². The first-order chi connectivity index (χ1) is 12.1. The van der Waals surface area contributed by atoms with Crippen molar-refractivity contribution >= 4 is 5.91 Å². The summed E-state index contributed by atoms with van der Waals surface area (Å²) in [4.78, 5) is 18.2. The number of ether oxygens (including phenoxy) is 1. The number of nitrogens with two attached hydrogens (primary N) is 1. The topological polar surface area (TPSA) is 68.5 Å². The number of nitrogens with zero attached hydrogens (tertiary/aromatic N) is 2. The van der Waals surface area contributed by atoms with E-state index in [4.69, 9.17) is 10.5 Å². The van der Waals surface area contributed by atoms with Crippen molar-refractivity contribution in [3.8, 4) is 5.75 Å². The van der Waals surface area contributed by atoms with Crippen LogP contribution in [0.25, 0.3) is 0 Å². The molecule has 1 saturated heterocycles. The fourth-order valence-corrected chi connectivity index (χ4v) is 3.28. The highest BCUT2D eigenvalue weighted by Crippen LogP contribution is 2.24. The van der Waals surface area contributed by atoms with Crippen molar-refractivity contribution in [2.24, 2.45) is 11.7 Å². The Balaban J connectivity index is 1.63. The summed E-state index contributed by atoms with van der Waals surface area (Å²) in [5.41, 5.74) is 7.75. The van der Waals surface area contributed by atoms with Crippen LogP contribution in [-0.4, -0.2) is 28.4 Å². The lowest BCUT2D eigenvalue weighted by Crippen LogP contribution is -2.48. The fourth-order valence-electron chi connectivity index (χ4n) is 3.28. The third kappa shape index (κ3) is 4.79. The minimum absolute atomic E-state index is 0.197. The molecule has 2 unspecified atom stereocenters. The van der Waals surface area contributed by atoms with Crippen LogP contribution in [0.5, 0.6) is 5.75 Å². The second kappa shape index (κ2) is 8.12. The van der Waals surface area contributed by atoms with Crippen LogP contribution >= 0.6 is 0 Å². The molecule has 132 valence electrons. The summed E-state index contributed by atoms with van der Waals surface area (Å²) >= 11 is 0. The van der Waals surface area contributed by atoms with Crippen molar-refractivity contribution in [2.45, 2.75) is 39.0 Å². The van der Waals surface area contributed by atoms with E-state index in [9.17, 15) is 4.79 Å². The first kappa shape index (κ1) is 17.4. The summed E-state index contributed by atoms with van der Waals surface area (Å²) in [6.45, 7) is 4.23. The summed E-state index contributed by atoms with van der Waals surface area (Å²) in [6.07, 6.45) is 5.45. The van der Waals surface area contributed by atoms with Crippen LogP contribution in [0.15, 0.2) is 48.8 Å². The lowest BCUT2D eigenvalue weighted by molar-refractivity contribution is -0.125. The monoisotopic (exact) mass is 339 g/mol. The Kier molecular flexibility index (Phi) is 5.66. The number of amides is 1. The molecule has 1 aliphatic rings. The highest BCUT2D eigenvalue weighted by Gasteiger charge is 2.30. The lowest BCUT2D eigenvalue weighted by atomic mass is 9.91. The zero-order valence-corrected chi connectivity index (χ0v) is 14.6. The third-order valence-electron chi connectivity index (χ3n) is 4.71. The molecule has 25 heavy (non-hydrogen) atoms. The number of carbonyl (C=O) groups is 1. The van der Waals surface area contributed by atoms with Crippen molar-refractivity contribution in [3.05, 3.63) is 59.9 Å². The number of primary amides is 1. The summed E-state index contributed by atoms with van der Waals surface area (Å²) in [7, 11) is 0. The van der Waals surface area contributed by atoms with Crippen LogP contribution in [-0.2, 0) is 17.9 Å². The van der Waals surface area contributed by atoms with E-state index in [1.54, 1.807) is 6.20 Å². The summed E-state index contributed by atoms with van der Waals surface area (Å²) in [6, 6.07) is 11.8. The molecular weight excluding hydrogens is 314 g/mol. The second-order valence-corrected chi connectivity index (χ2v) is 6.82. The molecule has 5 heteroatoms. The van der Waals surface area contributed by atoms with Crippen LogP contribution in [0.3, 0.4) is 0 Å². The first-order valence-corrected chi connectivity index (χ1v) is 8.76. The molecule has 0 radical (unpaired) electrons. The van der Waals surface area contributed by atoms with E-state index in [-0.39, 0.29) is 11.9 Å². The summed E-state index contributed by atoms with van der Waals surface area (Å²) in [5.74, 6) is 1.03. The number of likely N-dealkylation sites (tertiary alicyclic amines) is 1. The van der Waals surface area contributed by atoms with Gasteiger partial charge in [0, 0.05) is 12.7 Å². The second-order valence-electron chi connectivity index (χ2n) is 6.82. The zero-order valence-electron chi connectivity index (χ0n) is 14.6. The highest BCUT2D eigenvalue weighted by molar-refractivity contribution is 5.80. The van der Waals surface area contributed by atoms with E-state index in [0.717, 1.165) is 36.3 Å². The minimum Gasteiger partial charge on any atom is -0.487 e.